The predicted octanol–water partition coefficient (Wildman–Crippen LogP) is 3.77. The second kappa shape index (κ2) is 9.60. The molecule has 2 aromatic heterocycles. The zero-order valence-electron chi connectivity index (χ0n) is 17.6. The number of aliphatic hydroxyl groups excluding tert-OH is 1. The van der Waals surface area contributed by atoms with Gasteiger partial charge in [0.15, 0.2) is 5.82 Å². The molecule has 0 amide bonds. The summed E-state index contributed by atoms with van der Waals surface area (Å²) in [6.07, 6.45) is 4.69. The van der Waals surface area contributed by atoms with Crippen LogP contribution in [-0.2, 0) is 6.54 Å². The first-order chi connectivity index (χ1) is 14.1. The fourth-order valence-corrected chi connectivity index (χ4v) is 3.70. The lowest BCUT2D eigenvalue weighted by atomic mass is 10.1. The Kier molecular flexibility index (Phi) is 6.93. The molecule has 0 aliphatic rings. The molecule has 2 N–H and O–H groups in total. The number of aliphatic hydroxyl groups is 1. The van der Waals surface area contributed by atoms with E-state index in [9.17, 15) is 5.11 Å². The molecule has 0 spiro atoms. The topological polar surface area (TPSA) is 81.4 Å². The largest absolute Gasteiger partial charge is 0.496 e. The Morgan fingerprint density at radius 2 is 1.83 bits per heavy atom. The van der Waals surface area contributed by atoms with Crippen molar-refractivity contribution in [3.05, 3.63) is 41.9 Å². The number of benzene rings is 1. The third-order valence-corrected chi connectivity index (χ3v) is 5.04. The highest BCUT2D eigenvalue weighted by Crippen LogP contribution is 2.31. The number of nitrogens with one attached hydrogen (secondary N) is 1. The molecule has 0 bridgehead atoms. The summed E-state index contributed by atoms with van der Waals surface area (Å²) >= 11 is 0. The number of aryl methyl sites for hydroxylation is 1. The van der Waals surface area contributed by atoms with Crippen molar-refractivity contribution in [2.45, 2.75) is 45.7 Å². The maximum Gasteiger partial charge on any atom is 0.154 e. The van der Waals surface area contributed by atoms with E-state index >= 15 is 0 Å². The average molecular weight is 399 g/mol. The van der Waals surface area contributed by atoms with Gasteiger partial charge in [0.1, 0.15) is 22.8 Å². The quantitative estimate of drug-likeness (QED) is 0.541. The zero-order chi connectivity index (χ0) is 20.8. The van der Waals surface area contributed by atoms with Crippen LogP contribution in [-0.4, -0.2) is 46.5 Å². The van der Waals surface area contributed by atoms with Gasteiger partial charge in [0.05, 0.1) is 31.8 Å². The smallest absolute Gasteiger partial charge is 0.154 e. The molecule has 2 heterocycles. The first-order valence-electron chi connectivity index (χ1n) is 10.0. The number of rotatable bonds is 10. The molecule has 0 saturated heterocycles. The van der Waals surface area contributed by atoms with Gasteiger partial charge in [-0.25, -0.2) is 9.97 Å². The summed E-state index contributed by atoms with van der Waals surface area (Å²) in [6.45, 7) is 4.75. The molecule has 3 rings (SSSR count). The second-order valence-electron chi connectivity index (χ2n) is 7.08. The molecular formula is C22H30N4O3. The van der Waals surface area contributed by atoms with Crippen LogP contribution in [0.5, 0.6) is 11.5 Å². The van der Waals surface area contributed by atoms with E-state index in [0.717, 1.165) is 46.8 Å². The van der Waals surface area contributed by atoms with Gasteiger partial charge in [-0.05, 0) is 38.0 Å². The molecule has 0 fully saturated rings. The minimum atomic E-state index is 0.143. The number of hydrogen-bond donors (Lipinski definition) is 2. The molecule has 156 valence electrons. The van der Waals surface area contributed by atoms with E-state index in [4.69, 9.17) is 9.47 Å². The Morgan fingerprint density at radius 1 is 1.10 bits per heavy atom. The van der Waals surface area contributed by atoms with Crippen LogP contribution in [0.25, 0.3) is 11.0 Å². The molecule has 0 unspecified atom stereocenters. The summed E-state index contributed by atoms with van der Waals surface area (Å²) in [4.78, 5) is 9.28. The van der Waals surface area contributed by atoms with Crippen LogP contribution in [0, 0.1) is 6.92 Å². The van der Waals surface area contributed by atoms with E-state index in [-0.39, 0.29) is 12.6 Å². The third kappa shape index (κ3) is 4.62. The van der Waals surface area contributed by atoms with Gasteiger partial charge in [0.25, 0.3) is 0 Å². The number of ether oxygens (including phenoxy) is 2. The van der Waals surface area contributed by atoms with Crippen molar-refractivity contribution in [1.29, 1.82) is 0 Å². The molecule has 1 aromatic carbocycles. The van der Waals surface area contributed by atoms with Crippen molar-refractivity contribution in [3.8, 4) is 11.5 Å². The minimum absolute atomic E-state index is 0.143. The van der Waals surface area contributed by atoms with Crippen molar-refractivity contribution in [1.82, 2.24) is 14.5 Å². The fraction of sp³-hybridized carbons (Fsp3) is 0.455. The number of methoxy groups -OCH3 is 2. The lowest BCUT2D eigenvalue weighted by Crippen LogP contribution is -2.22. The molecule has 7 nitrogen and oxygen atoms in total. The van der Waals surface area contributed by atoms with E-state index in [1.165, 1.54) is 0 Å². The van der Waals surface area contributed by atoms with Gasteiger partial charge in [-0.1, -0.05) is 19.4 Å². The monoisotopic (exact) mass is 398 g/mol. The van der Waals surface area contributed by atoms with Gasteiger partial charge in [-0.2, -0.15) is 0 Å². The first kappa shape index (κ1) is 20.9. The Hall–Kier alpha value is -2.80. The predicted molar refractivity (Wildman–Crippen MR) is 115 cm³/mol. The van der Waals surface area contributed by atoms with Gasteiger partial charge in [-0.15, -0.1) is 0 Å². The Morgan fingerprint density at radius 3 is 2.45 bits per heavy atom. The molecule has 0 saturated carbocycles. The maximum absolute atomic E-state index is 9.43. The number of nitrogens with zero attached hydrogens (tertiary/aromatic N) is 3. The molecule has 29 heavy (non-hydrogen) atoms. The number of hydrogen-bond acceptors (Lipinski definition) is 6. The summed E-state index contributed by atoms with van der Waals surface area (Å²) in [6, 6.07) is 7.94. The molecular weight excluding hydrogens is 368 g/mol. The summed E-state index contributed by atoms with van der Waals surface area (Å²) < 4.78 is 13.2. The van der Waals surface area contributed by atoms with Crippen molar-refractivity contribution in [2.75, 3.05) is 26.1 Å². The first-order valence-corrected chi connectivity index (χ1v) is 10.0. The fourth-order valence-electron chi connectivity index (χ4n) is 3.70. The second-order valence-corrected chi connectivity index (χ2v) is 7.08. The van der Waals surface area contributed by atoms with Gasteiger partial charge >= 0.3 is 0 Å². The van der Waals surface area contributed by atoms with E-state index in [0.29, 0.717) is 18.8 Å². The molecule has 0 aliphatic heterocycles. The molecule has 0 radical (unpaired) electrons. The summed E-state index contributed by atoms with van der Waals surface area (Å²) in [5.74, 6) is 3.06. The summed E-state index contributed by atoms with van der Waals surface area (Å²) in [5, 5.41) is 13.0. The van der Waals surface area contributed by atoms with Crippen molar-refractivity contribution >= 4 is 16.9 Å². The number of anilines is 1. The van der Waals surface area contributed by atoms with Gasteiger partial charge in [0.2, 0.25) is 0 Å². The van der Waals surface area contributed by atoms with Crippen LogP contribution in [0.1, 0.15) is 37.6 Å². The maximum atomic E-state index is 9.43. The van der Waals surface area contributed by atoms with E-state index in [1.54, 1.807) is 14.2 Å². The number of fused-ring (bicyclic) bond motifs is 1. The lowest BCUT2D eigenvalue weighted by molar-refractivity contribution is 0.276. The van der Waals surface area contributed by atoms with Gasteiger partial charge in [-0.3, -0.25) is 0 Å². The highest BCUT2D eigenvalue weighted by molar-refractivity contribution is 5.86. The van der Waals surface area contributed by atoms with Gasteiger partial charge in [0, 0.05) is 18.8 Å². The SMILES string of the molecule is CCC[C@@H](CCO)Nc1nc(C)nc2ccn(Cc3c(OC)cccc3OC)c12. The normalized spacial score (nSPS) is 12.2. The average Bonchev–Trinajstić information content (AvgIpc) is 3.11. The summed E-state index contributed by atoms with van der Waals surface area (Å²) in [7, 11) is 3.32. The Balaban J connectivity index is 2.05. The lowest BCUT2D eigenvalue weighted by Gasteiger charge is -2.20. The molecule has 1 atom stereocenters. The Labute approximate surface area is 171 Å². The van der Waals surface area contributed by atoms with Crippen LogP contribution in [0.2, 0.25) is 0 Å². The standard InChI is InChI=1S/C22H30N4O3/c1-5-7-16(11-13-27)25-22-21-18(23-15(2)24-22)10-12-26(21)14-17-19(28-3)8-6-9-20(17)29-4/h6,8-10,12,16,27H,5,7,11,13-14H2,1-4H3,(H,23,24,25)/t16-/m0/s1. The molecule has 0 aliphatic carbocycles. The van der Waals surface area contributed by atoms with Crippen LogP contribution in [0.15, 0.2) is 30.5 Å². The van der Waals surface area contributed by atoms with Crippen LogP contribution in [0.3, 0.4) is 0 Å². The van der Waals surface area contributed by atoms with Crippen LogP contribution >= 0.6 is 0 Å². The Bertz CT molecular complexity index is 926. The van der Waals surface area contributed by atoms with Crippen molar-refractivity contribution in [2.24, 2.45) is 0 Å². The van der Waals surface area contributed by atoms with Crippen molar-refractivity contribution in [3.63, 3.8) is 0 Å². The third-order valence-electron chi connectivity index (χ3n) is 5.04. The van der Waals surface area contributed by atoms with Crippen LogP contribution < -0.4 is 14.8 Å². The molecule has 3 aromatic rings. The van der Waals surface area contributed by atoms with Crippen molar-refractivity contribution < 1.29 is 14.6 Å². The van der Waals surface area contributed by atoms with E-state index in [1.807, 2.05) is 37.4 Å². The number of aromatic nitrogens is 3. The highest BCUT2D eigenvalue weighted by atomic mass is 16.5. The van der Waals surface area contributed by atoms with E-state index in [2.05, 4.69) is 26.8 Å². The minimum Gasteiger partial charge on any atom is -0.496 e. The molecule has 7 heteroatoms. The van der Waals surface area contributed by atoms with Gasteiger partial charge < -0.3 is 24.5 Å². The van der Waals surface area contributed by atoms with E-state index < -0.39 is 0 Å². The van der Waals surface area contributed by atoms with Crippen LogP contribution in [0.4, 0.5) is 5.82 Å². The summed E-state index contributed by atoms with van der Waals surface area (Å²) in [5.41, 5.74) is 2.78. The zero-order valence-corrected chi connectivity index (χ0v) is 17.6. The highest BCUT2D eigenvalue weighted by Gasteiger charge is 2.17.